The summed E-state index contributed by atoms with van der Waals surface area (Å²) in [6.07, 6.45) is 5.06. The predicted octanol–water partition coefficient (Wildman–Crippen LogP) is 4.00. The van der Waals surface area contributed by atoms with Crippen molar-refractivity contribution in [1.82, 2.24) is 10.3 Å². The minimum absolute atomic E-state index is 0.304. The number of hydrogen-bond acceptors (Lipinski definition) is 4. The van der Waals surface area contributed by atoms with E-state index in [9.17, 15) is 0 Å². The molecular formula is C17H24N2OS. The van der Waals surface area contributed by atoms with Gasteiger partial charge in [-0.05, 0) is 37.1 Å². The summed E-state index contributed by atoms with van der Waals surface area (Å²) >= 11 is 1.74. The van der Waals surface area contributed by atoms with Gasteiger partial charge in [0.2, 0.25) is 0 Å². The van der Waals surface area contributed by atoms with Gasteiger partial charge < -0.3 is 10.1 Å². The Labute approximate surface area is 131 Å². The van der Waals surface area contributed by atoms with E-state index in [1.54, 1.807) is 18.4 Å². The summed E-state index contributed by atoms with van der Waals surface area (Å²) < 4.78 is 5.30. The van der Waals surface area contributed by atoms with Crippen LogP contribution in [0.3, 0.4) is 0 Å². The van der Waals surface area contributed by atoms with Crippen molar-refractivity contribution in [2.45, 2.75) is 39.2 Å². The number of ether oxygens (including phenoxy) is 1. The lowest BCUT2D eigenvalue weighted by molar-refractivity contribution is 0.415. The first-order valence-corrected chi connectivity index (χ1v) is 8.44. The number of nitrogens with one attached hydrogen (secondary N) is 1. The van der Waals surface area contributed by atoms with E-state index in [4.69, 9.17) is 4.74 Å². The van der Waals surface area contributed by atoms with Crippen LogP contribution in [0.5, 0.6) is 5.75 Å². The molecule has 0 aliphatic carbocycles. The smallest absolute Gasteiger partial charge is 0.129 e. The minimum atomic E-state index is 0.304. The number of nitrogens with zero attached hydrogens (tertiary/aromatic N) is 1. The number of aromatic nitrogens is 1. The van der Waals surface area contributed by atoms with Crippen LogP contribution in [-0.2, 0) is 12.8 Å². The number of rotatable bonds is 8. The van der Waals surface area contributed by atoms with Crippen molar-refractivity contribution in [1.29, 1.82) is 0 Å². The standard InChI is InChI=1S/C17H24N2OS/c1-4-8-18-16(17-10-15(20-3)12-21-17)9-14-7-6-13(5-2)11-19-14/h6-7,10-12,16,18H,4-5,8-9H2,1-3H3. The predicted molar refractivity (Wildman–Crippen MR) is 89.2 cm³/mol. The van der Waals surface area contributed by atoms with Gasteiger partial charge in [0.15, 0.2) is 0 Å². The molecule has 2 aromatic heterocycles. The molecule has 0 radical (unpaired) electrons. The average molecular weight is 304 g/mol. The highest BCUT2D eigenvalue weighted by molar-refractivity contribution is 7.10. The van der Waals surface area contributed by atoms with Gasteiger partial charge in [0, 0.05) is 34.6 Å². The summed E-state index contributed by atoms with van der Waals surface area (Å²) in [6, 6.07) is 6.75. The largest absolute Gasteiger partial charge is 0.496 e. The lowest BCUT2D eigenvalue weighted by Gasteiger charge is -2.17. The van der Waals surface area contributed by atoms with Crippen molar-refractivity contribution in [3.63, 3.8) is 0 Å². The molecule has 0 spiro atoms. The summed E-state index contributed by atoms with van der Waals surface area (Å²) in [4.78, 5) is 5.89. The Hall–Kier alpha value is -1.39. The molecule has 0 amide bonds. The number of pyridine rings is 1. The van der Waals surface area contributed by atoms with Crippen LogP contribution in [0.4, 0.5) is 0 Å². The average Bonchev–Trinajstić information content (AvgIpc) is 3.01. The summed E-state index contributed by atoms with van der Waals surface area (Å²) in [5.74, 6) is 0.938. The fourth-order valence-corrected chi connectivity index (χ4v) is 3.14. The van der Waals surface area contributed by atoms with Crippen molar-refractivity contribution < 1.29 is 4.74 Å². The summed E-state index contributed by atoms with van der Waals surface area (Å²) in [6.45, 7) is 5.35. The lowest BCUT2D eigenvalue weighted by atomic mass is 10.1. The van der Waals surface area contributed by atoms with Crippen molar-refractivity contribution in [2.24, 2.45) is 0 Å². The molecule has 3 nitrogen and oxygen atoms in total. The van der Waals surface area contributed by atoms with Crippen molar-refractivity contribution >= 4 is 11.3 Å². The van der Waals surface area contributed by atoms with Gasteiger partial charge in [0.25, 0.3) is 0 Å². The van der Waals surface area contributed by atoms with Crippen LogP contribution in [-0.4, -0.2) is 18.6 Å². The first kappa shape index (κ1) is 16.0. The Morgan fingerprint density at radius 2 is 2.19 bits per heavy atom. The Morgan fingerprint density at radius 1 is 1.33 bits per heavy atom. The molecule has 1 unspecified atom stereocenters. The molecule has 0 saturated heterocycles. The van der Waals surface area contributed by atoms with E-state index in [0.717, 1.165) is 37.3 Å². The second kappa shape index (κ2) is 8.15. The van der Waals surface area contributed by atoms with Gasteiger partial charge in [-0.1, -0.05) is 19.9 Å². The maximum absolute atomic E-state index is 5.30. The number of aryl methyl sites for hydroxylation is 1. The maximum atomic E-state index is 5.30. The van der Waals surface area contributed by atoms with Gasteiger partial charge in [-0.3, -0.25) is 4.98 Å². The van der Waals surface area contributed by atoms with E-state index < -0.39 is 0 Å². The zero-order valence-electron chi connectivity index (χ0n) is 13.1. The quantitative estimate of drug-likeness (QED) is 0.800. The van der Waals surface area contributed by atoms with Crippen molar-refractivity contribution in [2.75, 3.05) is 13.7 Å². The fraction of sp³-hybridized carbons (Fsp3) is 0.471. The Bertz CT molecular complexity index is 536. The molecule has 0 saturated carbocycles. The first-order chi connectivity index (χ1) is 10.3. The SMILES string of the molecule is CCCNC(Cc1ccc(CC)cn1)c1cc(OC)cs1. The maximum Gasteiger partial charge on any atom is 0.129 e. The van der Waals surface area contributed by atoms with Crippen LogP contribution in [0.25, 0.3) is 0 Å². The highest BCUT2D eigenvalue weighted by Gasteiger charge is 2.15. The number of thiophene rings is 1. The molecule has 0 bridgehead atoms. The Balaban J connectivity index is 2.10. The van der Waals surface area contributed by atoms with Crippen LogP contribution < -0.4 is 10.1 Å². The molecular weight excluding hydrogens is 280 g/mol. The first-order valence-electron chi connectivity index (χ1n) is 7.56. The van der Waals surface area contributed by atoms with Crippen molar-refractivity contribution in [3.8, 4) is 5.75 Å². The van der Waals surface area contributed by atoms with E-state index in [0.29, 0.717) is 6.04 Å². The second-order valence-corrected chi connectivity index (χ2v) is 6.05. The van der Waals surface area contributed by atoms with E-state index in [1.807, 2.05) is 6.20 Å². The third-order valence-corrected chi connectivity index (χ3v) is 4.55. The van der Waals surface area contributed by atoms with Gasteiger partial charge in [-0.25, -0.2) is 0 Å². The Kier molecular flexibility index (Phi) is 6.21. The molecule has 1 N–H and O–H groups in total. The fourth-order valence-electron chi connectivity index (χ4n) is 2.21. The van der Waals surface area contributed by atoms with E-state index >= 15 is 0 Å². The molecule has 0 aliphatic heterocycles. The molecule has 1 atom stereocenters. The lowest BCUT2D eigenvalue weighted by Crippen LogP contribution is -2.23. The van der Waals surface area contributed by atoms with Gasteiger partial charge in [-0.15, -0.1) is 11.3 Å². The molecule has 4 heteroatoms. The van der Waals surface area contributed by atoms with E-state index in [1.165, 1.54) is 10.4 Å². The van der Waals surface area contributed by atoms with E-state index in [2.05, 4.69) is 47.7 Å². The summed E-state index contributed by atoms with van der Waals surface area (Å²) in [7, 11) is 1.71. The van der Waals surface area contributed by atoms with Gasteiger partial charge in [0.1, 0.15) is 5.75 Å². The van der Waals surface area contributed by atoms with Gasteiger partial charge in [-0.2, -0.15) is 0 Å². The van der Waals surface area contributed by atoms with Crippen LogP contribution in [0.2, 0.25) is 0 Å². The molecule has 0 fully saturated rings. The summed E-state index contributed by atoms with van der Waals surface area (Å²) in [5.41, 5.74) is 2.42. The van der Waals surface area contributed by atoms with Gasteiger partial charge >= 0.3 is 0 Å². The highest BCUT2D eigenvalue weighted by atomic mass is 32.1. The zero-order valence-corrected chi connectivity index (χ0v) is 13.9. The third kappa shape index (κ3) is 4.55. The summed E-state index contributed by atoms with van der Waals surface area (Å²) in [5, 5.41) is 5.67. The van der Waals surface area contributed by atoms with E-state index in [-0.39, 0.29) is 0 Å². The van der Waals surface area contributed by atoms with Crippen LogP contribution in [0.15, 0.2) is 29.8 Å². The van der Waals surface area contributed by atoms with Crippen LogP contribution in [0, 0.1) is 0 Å². The third-order valence-electron chi connectivity index (χ3n) is 3.52. The van der Waals surface area contributed by atoms with Gasteiger partial charge in [0.05, 0.1) is 7.11 Å². The monoisotopic (exact) mass is 304 g/mol. The molecule has 2 aromatic rings. The molecule has 114 valence electrons. The molecule has 21 heavy (non-hydrogen) atoms. The normalized spacial score (nSPS) is 12.3. The molecule has 0 aromatic carbocycles. The topological polar surface area (TPSA) is 34.2 Å². The molecule has 0 aliphatic rings. The number of hydrogen-bond donors (Lipinski definition) is 1. The second-order valence-electron chi connectivity index (χ2n) is 5.11. The Morgan fingerprint density at radius 3 is 2.76 bits per heavy atom. The molecule has 2 rings (SSSR count). The highest BCUT2D eigenvalue weighted by Crippen LogP contribution is 2.28. The van der Waals surface area contributed by atoms with Crippen LogP contribution >= 0.6 is 11.3 Å². The number of methoxy groups -OCH3 is 1. The molecule has 2 heterocycles. The zero-order chi connectivity index (χ0) is 15.1. The van der Waals surface area contributed by atoms with Crippen LogP contribution in [0.1, 0.15) is 42.4 Å². The minimum Gasteiger partial charge on any atom is -0.496 e. The van der Waals surface area contributed by atoms with Crippen molar-refractivity contribution in [3.05, 3.63) is 45.9 Å².